The van der Waals surface area contributed by atoms with Crippen molar-refractivity contribution >= 4 is 29.7 Å². The number of carbonyl (C=O) groups is 5. The third-order valence-electron chi connectivity index (χ3n) is 6.00. The summed E-state index contributed by atoms with van der Waals surface area (Å²) in [5, 5.41) is 22.6. The van der Waals surface area contributed by atoms with E-state index in [2.05, 4.69) is 26.6 Å². The van der Waals surface area contributed by atoms with Crippen LogP contribution in [0.15, 0.2) is 24.3 Å². The average Bonchev–Trinajstić information content (AvgIpc) is 2.80. The van der Waals surface area contributed by atoms with Gasteiger partial charge in [0.15, 0.2) is 0 Å². The molecule has 0 radical (unpaired) electrons. The number of amides is 5. The van der Waals surface area contributed by atoms with Gasteiger partial charge in [-0.05, 0) is 24.2 Å². The third-order valence-corrected chi connectivity index (χ3v) is 6.00. The smallest absolute Gasteiger partial charge is 0.326 e. The SMILES string of the molecule is CC[C@H](C)[C@H](NC(=O)N[C@H](C(=O)O)C(C)C)C(=O)N[C@@H]1/C=C/CCNC(=O)/C=C\[C@H](C(C)C)NC1=O. The summed E-state index contributed by atoms with van der Waals surface area (Å²) in [6.45, 7) is 11.1. The van der Waals surface area contributed by atoms with Crippen LogP contribution >= 0.6 is 0 Å². The first-order valence-corrected chi connectivity index (χ1v) is 12.4. The predicted molar refractivity (Wildman–Crippen MR) is 136 cm³/mol. The minimum Gasteiger partial charge on any atom is -0.480 e. The van der Waals surface area contributed by atoms with E-state index >= 15 is 0 Å². The minimum atomic E-state index is -1.18. The second-order valence-electron chi connectivity index (χ2n) is 9.67. The molecule has 0 aromatic carbocycles. The lowest BCUT2D eigenvalue weighted by atomic mass is 9.97. The van der Waals surface area contributed by atoms with E-state index in [1.807, 2.05) is 20.8 Å². The van der Waals surface area contributed by atoms with E-state index in [-0.39, 0.29) is 23.7 Å². The van der Waals surface area contributed by atoms with Gasteiger partial charge in [-0.3, -0.25) is 14.4 Å². The molecule has 6 N–H and O–H groups in total. The lowest BCUT2D eigenvalue weighted by Crippen LogP contribution is -2.59. The molecule has 1 rings (SSSR count). The van der Waals surface area contributed by atoms with Crippen LogP contribution in [0, 0.1) is 17.8 Å². The third kappa shape index (κ3) is 10.1. The fourth-order valence-corrected chi connectivity index (χ4v) is 3.44. The number of hydrogen-bond donors (Lipinski definition) is 6. The Morgan fingerprint density at radius 2 is 1.69 bits per heavy atom. The zero-order valence-electron chi connectivity index (χ0n) is 22.0. The van der Waals surface area contributed by atoms with Gasteiger partial charge in [-0.1, -0.05) is 66.2 Å². The number of aliphatic carboxylic acids is 1. The first kappa shape index (κ1) is 30.7. The molecular formula is C25H41N5O6. The van der Waals surface area contributed by atoms with Crippen molar-refractivity contribution in [2.45, 2.75) is 78.6 Å². The molecule has 1 heterocycles. The molecule has 0 bridgehead atoms. The van der Waals surface area contributed by atoms with Crippen molar-refractivity contribution < 1.29 is 29.1 Å². The average molecular weight is 508 g/mol. The molecule has 11 nitrogen and oxygen atoms in total. The van der Waals surface area contributed by atoms with Crippen molar-refractivity contribution in [3.8, 4) is 0 Å². The largest absolute Gasteiger partial charge is 0.480 e. The Balaban J connectivity index is 3.08. The molecule has 0 aromatic rings. The molecule has 5 amide bonds. The number of rotatable bonds is 9. The van der Waals surface area contributed by atoms with Crippen LogP contribution in [0.2, 0.25) is 0 Å². The van der Waals surface area contributed by atoms with Crippen LogP contribution in [-0.2, 0) is 19.2 Å². The van der Waals surface area contributed by atoms with Crippen molar-refractivity contribution in [2.24, 2.45) is 17.8 Å². The maximum Gasteiger partial charge on any atom is 0.326 e. The molecule has 0 saturated heterocycles. The molecule has 5 atom stereocenters. The van der Waals surface area contributed by atoms with Crippen molar-refractivity contribution in [2.75, 3.05) is 6.54 Å². The Bertz CT molecular complexity index is 854. The minimum absolute atomic E-state index is 0.0114. The van der Waals surface area contributed by atoms with Crippen LogP contribution in [0.5, 0.6) is 0 Å². The number of hydrogen-bond acceptors (Lipinski definition) is 5. The summed E-state index contributed by atoms with van der Waals surface area (Å²) in [5.74, 6) is -3.12. The summed E-state index contributed by atoms with van der Waals surface area (Å²) >= 11 is 0. The highest BCUT2D eigenvalue weighted by atomic mass is 16.4. The molecule has 0 saturated carbocycles. The van der Waals surface area contributed by atoms with E-state index < -0.39 is 48.0 Å². The highest BCUT2D eigenvalue weighted by Crippen LogP contribution is 2.10. The van der Waals surface area contributed by atoms with E-state index in [1.54, 1.807) is 39.0 Å². The quantitative estimate of drug-likeness (QED) is 0.255. The van der Waals surface area contributed by atoms with Crippen molar-refractivity contribution in [1.29, 1.82) is 0 Å². The molecule has 36 heavy (non-hydrogen) atoms. The molecule has 0 aromatic heterocycles. The van der Waals surface area contributed by atoms with Crippen molar-refractivity contribution in [3.05, 3.63) is 24.3 Å². The Hall–Kier alpha value is -3.37. The molecule has 0 spiro atoms. The van der Waals surface area contributed by atoms with Gasteiger partial charge in [0.2, 0.25) is 17.7 Å². The number of carboxylic acids is 1. The first-order chi connectivity index (χ1) is 16.9. The van der Waals surface area contributed by atoms with Crippen LogP contribution in [-0.4, -0.2) is 65.5 Å². The summed E-state index contributed by atoms with van der Waals surface area (Å²) < 4.78 is 0. The van der Waals surface area contributed by atoms with Gasteiger partial charge in [-0.25, -0.2) is 9.59 Å². The number of nitrogens with one attached hydrogen (secondary N) is 5. The summed E-state index contributed by atoms with van der Waals surface area (Å²) in [6.07, 6.45) is 7.25. The second-order valence-corrected chi connectivity index (χ2v) is 9.67. The molecule has 1 aliphatic heterocycles. The molecular weight excluding hydrogens is 466 g/mol. The number of urea groups is 1. The summed E-state index contributed by atoms with van der Waals surface area (Å²) in [5.41, 5.74) is 0. The number of carboxylic acid groups (broad SMARTS) is 1. The van der Waals surface area contributed by atoms with Crippen LogP contribution in [0.4, 0.5) is 4.79 Å². The fourth-order valence-electron chi connectivity index (χ4n) is 3.44. The van der Waals surface area contributed by atoms with Crippen molar-refractivity contribution in [3.63, 3.8) is 0 Å². The van der Waals surface area contributed by atoms with Gasteiger partial charge in [-0.2, -0.15) is 0 Å². The van der Waals surface area contributed by atoms with E-state index in [0.29, 0.717) is 19.4 Å². The van der Waals surface area contributed by atoms with Gasteiger partial charge < -0.3 is 31.7 Å². The van der Waals surface area contributed by atoms with E-state index in [0.717, 1.165) is 0 Å². The lowest BCUT2D eigenvalue weighted by Gasteiger charge is -2.28. The monoisotopic (exact) mass is 507 g/mol. The Labute approximate surface area is 212 Å². The van der Waals surface area contributed by atoms with Crippen LogP contribution in [0.3, 0.4) is 0 Å². The fraction of sp³-hybridized carbons (Fsp3) is 0.640. The first-order valence-electron chi connectivity index (χ1n) is 12.4. The molecule has 1 aliphatic rings. The maximum atomic E-state index is 13.2. The Morgan fingerprint density at radius 1 is 1.06 bits per heavy atom. The normalized spacial score (nSPS) is 23.1. The molecule has 0 unspecified atom stereocenters. The highest BCUT2D eigenvalue weighted by Gasteiger charge is 2.31. The predicted octanol–water partition coefficient (Wildman–Crippen LogP) is 1.07. The second kappa shape index (κ2) is 14.9. The Morgan fingerprint density at radius 3 is 2.25 bits per heavy atom. The van der Waals surface area contributed by atoms with Crippen LogP contribution in [0.1, 0.15) is 54.4 Å². The van der Waals surface area contributed by atoms with E-state index in [1.165, 1.54) is 6.08 Å². The van der Waals surface area contributed by atoms with Gasteiger partial charge in [0.25, 0.3) is 0 Å². The standard InChI is InChI=1S/C25H41N5O6/c1-7-16(6)21(30-25(36)29-20(15(4)5)24(34)35)23(33)28-18-10-8-9-13-26-19(31)12-11-17(14(2)3)27-22(18)32/h8,10-12,14-18,20-21H,7,9,13H2,1-6H3,(H,26,31)(H,27,32)(H,28,33)(H,34,35)(H2,29,30,36)/b10-8+,12-11-/t16-,17+,18+,20-,21-/m0/s1. The maximum absolute atomic E-state index is 13.2. The zero-order chi connectivity index (χ0) is 27.4. The molecule has 0 aliphatic carbocycles. The van der Waals surface area contributed by atoms with Crippen LogP contribution in [0.25, 0.3) is 0 Å². The summed E-state index contributed by atoms with van der Waals surface area (Å²) in [7, 11) is 0. The van der Waals surface area contributed by atoms with Gasteiger partial charge in [0.1, 0.15) is 18.1 Å². The molecule has 11 heteroatoms. The van der Waals surface area contributed by atoms with Crippen molar-refractivity contribution in [1.82, 2.24) is 26.6 Å². The zero-order valence-corrected chi connectivity index (χ0v) is 22.0. The molecule has 202 valence electrons. The van der Waals surface area contributed by atoms with Gasteiger partial charge >= 0.3 is 12.0 Å². The highest BCUT2D eigenvalue weighted by molar-refractivity contribution is 5.94. The molecule has 0 fully saturated rings. The topological polar surface area (TPSA) is 166 Å². The van der Waals surface area contributed by atoms with Gasteiger partial charge in [0, 0.05) is 18.7 Å². The lowest BCUT2D eigenvalue weighted by molar-refractivity contribution is -0.140. The van der Waals surface area contributed by atoms with E-state index in [9.17, 15) is 29.1 Å². The number of carbonyl (C=O) groups excluding carboxylic acids is 4. The summed E-state index contributed by atoms with van der Waals surface area (Å²) in [4.78, 5) is 62.2. The summed E-state index contributed by atoms with van der Waals surface area (Å²) in [6, 6.07) is -4.35. The van der Waals surface area contributed by atoms with E-state index in [4.69, 9.17) is 0 Å². The van der Waals surface area contributed by atoms with Crippen LogP contribution < -0.4 is 26.6 Å². The Kier molecular flexibility index (Phi) is 12.7. The van der Waals surface area contributed by atoms with Gasteiger partial charge in [-0.15, -0.1) is 0 Å². The van der Waals surface area contributed by atoms with Gasteiger partial charge in [0.05, 0.1) is 0 Å².